The molecule has 8 nitrogen and oxygen atoms in total. The van der Waals surface area contributed by atoms with Gasteiger partial charge in [0, 0.05) is 6.07 Å². The number of fused-ring (bicyclic) bond motifs is 1. The van der Waals surface area contributed by atoms with Crippen LogP contribution in [0.1, 0.15) is 0 Å². The van der Waals surface area contributed by atoms with E-state index in [1.807, 2.05) is 17.5 Å². The Morgan fingerprint density at radius 3 is 2.88 bits per heavy atom. The molecule has 11 heteroatoms. The second kappa shape index (κ2) is 5.54. The summed E-state index contributed by atoms with van der Waals surface area (Å²) in [5.74, 6) is -0.641. The van der Waals surface area contributed by atoms with E-state index in [1.54, 1.807) is 0 Å². The molecule has 0 saturated carbocycles. The van der Waals surface area contributed by atoms with Crippen molar-refractivity contribution in [3.8, 4) is 9.88 Å². The van der Waals surface area contributed by atoms with Crippen LogP contribution in [0.25, 0.3) is 21.0 Å². The molecule has 0 aliphatic heterocycles. The van der Waals surface area contributed by atoms with E-state index < -0.39 is 15.8 Å². The van der Waals surface area contributed by atoms with Crippen LogP contribution in [0, 0.1) is 0 Å². The predicted molar refractivity (Wildman–Crippen MR) is 90.9 cm³/mol. The number of aromatic nitrogens is 3. The van der Waals surface area contributed by atoms with Crippen molar-refractivity contribution in [1.29, 1.82) is 0 Å². The summed E-state index contributed by atoms with van der Waals surface area (Å²) in [5.41, 5.74) is 0.592. The number of hydrogen-bond acceptors (Lipinski definition) is 8. The van der Waals surface area contributed by atoms with Gasteiger partial charge in [0.15, 0.2) is 10.6 Å². The average Bonchev–Trinajstić information content (AvgIpc) is 3.24. The smallest absolute Gasteiger partial charge is 0.408 e. The molecule has 2 N–H and O–H groups in total. The Morgan fingerprint density at radius 1 is 1.21 bits per heavy atom. The highest BCUT2D eigenvalue weighted by atomic mass is 32.2. The molecule has 4 rings (SSSR count). The molecule has 0 spiro atoms. The molecule has 0 radical (unpaired) electrons. The largest absolute Gasteiger partial charge is 0.417 e. The summed E-state index contributed by atoms with van der Waals surface area (Å²) in [6, 6.07) is 7.87. The zero-order valence-electron chi connectivity index (χ0n) is 11.7. The van der Waals surface area contributed by atoms with Gasteiger partial charge in [-0.3, -0.25) is 9.71 Å². The Labute approximate surface area is 142 Å². The van der Waals surface area contributed by atoms with E-state index in [2.05, 4.69) is 19.9 Å². The summed E-state index contributed by atoms with van der Waals surface area (Å²) in [5, 5.41) is 10.5. The van der Waals surface area contributed by atoms with E-state index in [-0.39, 0.29) is 15.6 Å². The lowest BCUT2D eigenvalue weighted by atomic mass is 10.3. The van der Waals surface area contributed by atoms with Crippen molar-refractivity contribution in [1.82, 2.24) is 15.2 Å². The van der Waals surface area contributed by atoms with Gasteiger partial charge >= 0.3 is 5.76 Å². The van der Waals surface area contributed by atoms with Crippen LogP contribution < -0.4 is 10.5 Å². The molecule has 1 aromatic carbocycles. The first-order valence-electron chi connectivity index (χ1n) is 6.54. The summed E-state index contributed by atoms with van der Waals surface area (Å²) in [6.07, 6.45) is 0. The lowest BCUT2D eigenvalue weighted by Crippen LogP contribution is -2.12. The van der Waals surface area contributed by atoms with Gasteiger partial charge in [0.1, 0.15) is 0 Å². The fourth-order valence-electron chi connectivity index (χ4n) is 2.03. The maximum Gasteiger partial charge on any atom is 0.417 e. The van der Waals surface area contributed by atoms with Crippen LogP contribution in [0.5, 0.6) is 0 Å². The van der Waals surface area contributed by atoms with Crippen molar-refractivity contribution < 1.29 is 12.8 Å². The van der Waals surface area contributed by atoms with Gasteiger partial charge < -0.3 is 4.42 Å². The van der Waals surface area contributed by atoms with Gasteiger partial charge in [-0.05, 0) is 23.6 Å². The molecule has 122 valence electrons. The van der Waals surface area contributed by atoms with E-state index in [0.29, 0.717) is 10.5 Å². The summed E-state index contributed by atoms with van der Waals surface area (Å²) in [6.45, 7) is 0. The number of nitrogens with one attached hydrogen (secondary N) is 2. The zero-order valence-corrected chi connectivity index (χ0v) is 14.2. The van der Waals surface area contributed by atoms with E-state index in [1.165, 1.54) is 29.5 Å². The Morgan fingerprint density at radius 2 is 2.08 bits per heavy atom. The summed E-state index contributed by atoms with van der Waals surface area (Å²) < 4.78 is 32.2. The third kappa shape index (κ3) is 2.72. The number of nitrogens with zero attached hydrogens (tertiary/aromatic N) is 2. The number of benzene rings is 1. The van der Waals surface area contributed by atoms with Crippen molar-refractivity contribution in [3.63, 3.8) is 0 Å². The maximum absolute atomic E-state index is 12.4. The van der Waals surface area contributed by atoms with Gasteiger partial charge in [0.05, 0.1) is 15.3 Å². The molecule has 0 amide bonds. The van der Waals surface area contributed by atoms with E-state index in [0.717, 1.165) is 16.2 Å². The summed E-state index contributed by atoms with van der Waals surface area (Å²) in [7, 11) is -3.87. The highest BCUT2D eigenvalue weighted by molar-refractivity contribution is 7.93. The molecule has 3 heterocycles. The molecule has 0 fully saturated rings. The number of anilines is 1. The number of aromatic amines is 1. The van der Waals surface area contributed by atoms with E-state index in [9.17, 15) is 13.2 Å². The van der Waals surface area contributed by atoms with Gasteiger partial charge in [-0.15, -0.1) is 21.5 Å². The lowest BCUT2D eigenvalue weighted by Gasteiger charge is -2.03. The highest BCUT2D eigenvalue weighted by Crippen LogP contribution is 2.30. The van der Waals surface area contributed by atoms with Gasteiger partial charge in [0.2, 0.25) is 5.13 Å². The Bertz CT molecular complexity index is 1170. The minimum Gasteiger partial charge on any atom is -0.408 e. The van der Waals surface area contributed by atoms with Gasteiger partial charge in [-0.2, -0.15) is 0 Å². The molecule has 0 bridgehead atoms. The van der Waals surface area contributed by atoms with Crippen molar-refractivity contribution in [2.24, 2.45) is 0 Å². The molecule has 0 aliphatic rings. The number of H-pyrrole nitrogens is 1. The molecule has 0 saturated heterocycles. The number of rotatable bonds is 4. The normalized spacial score (nSPS) is 11.8. The third-order valence-corrected chi connectivity index (χ3v) is 6.42. The Hall–Kier alpha value is -2.50. The summed E-state index contributed by atoms with van der Waals surface area (Å²) >= 11 is 2.63. The monoisotopic (exact) mass is 380 g/mol. The first-order valence-corrected chi connectivity index (χ1v) is 9.72. The molecule has 0 aliphatic carbocycles. The molecule has 0 unspecified atom stereocenters. The highest BCUT2D eigenvalue weighted by Gasteiger charge is 2.19. The SMILES string of the molecule is O=c1[nH]c2ccc(S(=O)(=O)Nc3nnc(-c4cccs4)s3)cc2o1. The molecule has 0 atom stereocenters. The van der Waals surface area contributed by atoms with Gasteiger partial charge in [0.25, 0.3) is 10.0 Å². The number of hydrogen-bond donors (Lipinski definition) is 2. The predicted octanol–water partition coefficient (Wildman–Crippen LogP) is 2.50. The Balaban J connectivity index is 1.65. The van der Waals surface area contributed by atoms with Crippen LogP contribution in [0.3, 0.4) is 0 Å². The zero-order chi connectivity index (χ0) is 16.7. The van der Waals surface area contributed by atoms with Crippen LogP contribution in [0.2, 0.25) is 0 Å². The van der Waals surface area contributed by atoms with E-state index in [4.69, 9.17) is 4.42 Å². The van der Waals surface area contributed by atoms with Gasteiger partial charge in [-0.1, -0.05) is 17.4 Å². The second-order valence-electron chi connectivity index (χ2n) is 4.67. The topological polar surface area (TPSA) is 118 Å². The Kier molecular flexibility index (Phi) is 3.48. The van der Waals surface area contributed by atoms with Crippen LogP contribution >= 0.6 is 22.7 Å². The second-order valence-corrected chi connectivity index (χ2v) is 8.28. The first-order chi connectivity index (χ1) is 11.5. The minimum absolute atomic E-state index is 0.0365. The average molecular weight is 380 g/mol. The van der Waals surface area contributed by atoms with Crippen molar-refractivity contribution >= 4 is 48.9 Å². The van der Waals surface area contributed by atoms with Crippen molar-refractivity contribution in [2.75, 3.05) is 4.72 Å². The fourth-order valence-corrected chi connectivity index (χ4v) is 4.81. The molecule has 4 aromatic rings. The first kappa shape index (κ1) is 15.1. The number of oxazole rings is 1. The number of thiophene rings is 1. The fraction of sp³-hybridized carbons (Fsp3) is 0. The van der Waals surface area contributed by atoms with Crippen LogP contribution in [-0.2, 0) is 10.0 Å². The molecular formula is C13H8N4O4S3. The molecular weight excluding hydrogens is 372 g/mol. The number of sulfonamides is 1. The third-order valence-electron chi connectivity index (χ3n) is 3.08. The molecule has 24 heavy (non-hydrogen) atoms. The standard InChI is InChI=1S/C13H8N4O4S3/c18-13-14-8-4-3-7(6-9(8)21-13)24(19,20)17-12-16-15-11(23-12)10-2-1-5-22-10/h1-6H,(H,14,18)(H,16,17). The molecule has 3 aromatic heterocycles. The van der Waals surface area contributed by atoms with E-state index >= 15 is 0 Å². The van der Waals surface area contributed by atoms with Crippen LogP contribution in [-0.4, -0.2) is 23.6 Å². The van der Waals surface area contributed by atoms with Crippen LogP contribution in [0.15, 0.2) is 49.8 Å². The quantitative estimate of drug-likeness (QED) is 0.562. The lowest BCUT2D eigenvalue weighted by molar-refractivity contribution is 0.554. The minimum atomic E-state index is -3.87. The van der Waals surface area contributed by atoms with Crippen LogP contribution in [0.4, 0.5) is 5.13 Å². The summed E-state index contributed by atoms with van der Waals surface area (Å²) in [4.78, 5) is 14.5. The maximum atomic E-state index is 12.4. The van der Waals surface area contributed by atoms with Gasteiger partial charge in [-0.25, -0.2) is 13.2 Å². The van der Waals surface area contributed by atoms with Crippen molar-refractivity contribution in [2.45, 2.75) is 4.90 Å². The van der Waals surface area contributed by atoms with Crippen molar-refractivity contribution in [3.05, 3.63) is 46.3 Å².